The number of aliphatic hydroxyl groups excluding tert-OH is 1. The summed E-state index contributed by atoms with van der Waals surface area (Å²) >= 11 is 1.52. The molecule has 0 saturated heterocycles. The van der Waals surface area contributed by atoms with Gasteiger partial charge in [0.05, 0.1) is 24.8 Å². The average molecular weight is 334 g/mol. The lowest BCUT2D eigenvalue weighted by atomic mass is 10.2. The first-order chi connectivity index (χ1) is 11.1. The van der Waals surface area contributed by atoms with Crippen LogP contribution in [0.15, 0.2) is 29.6 Å². The molecule has 0 radical (unpaired) electrons. The molecule has 0 fully saturated rings. The largest absolute Gasteiger partial charge is 0.494 e. The summed E-state index contributed by atoms with van der Waals surface area (Å²) in [5, 5.41) is 14.7. The predicted molar refractivity (Wildman–Crippen MR) is 91.7 cm³/mol. The van der Waals surface area contributed by atoms with Crippen LogP contribution in [0.1, 0.15) is 26.0 Å². The van der Waals surface area contributed by atoms with Crippen molar-refractivity contribution < 1.29 is 14.6 Å². The molecular formula is C17H22N2O3S. The summed E-state index contributed by atoms with van der Waals surface area (Å²) in [4.78, 5) is 16.3. The van der Waals surface area contributed by atoms with Crippen molar-refractivity contribution in [1.82, 2.24) is 10.3 Å². The van der Waals surface area contributed by atoms with E-state index in [1.54, 1.807) is 6.92 Å². The molecule has 23 heavy (non-hydrogen) atoms. The number of hydrogen-bond donors (Lipinski definition) is 2. The van der Waals surface area contributed by atoms with E-state index in [1.807, 2.05) is 36.6 Å². The van der Waals surface area contributed by atoms with E-state index in [0.29, 0.717) is 19.6 Å². The van der Waals surface area contributed by atoms with E-state index in [2.05, 4.69) is 10.3 Å². The number of thiazole rings is 1. The third kappa shape index (κ3) is 5.65. The molecule has 2 N–H and O–H groups in total. The highest BCUT2D eigenvalue weighted by molar-refractivity contribution is 7.13. The lowest BCUT2D eigenvalue weighted by Crippen LogP contribution is -2.27. The number of aliphatic hydroxyl groups is 1. The molecule has 2 rings (SSSR count). The lowest BCUT2D eigenvalue weighted by Gasteiger charge is -2.05. The highest BCUT2D eigenvalue weighted by Crippen LogP contribution is 2.25. The molecule has 0 saturated carbocycles. The van der Waals surface area contributed by atoms with Crippen molar-refractivity contribution in [3.8, 4) is 16.3 Å². The van der Waals surface area contributed by atoms with Crippen LogP contribution in [0.4, 0.5) is 0 Å². The molecule has 1 heterocycles. The van der Waals surface area contributed by atoms with E-state index in [-0.39, 0.29) is 12.3 Å². The molecule has 1 aromatic heterocycles. The van der Waals surface area contributed by atoms with Crippen molar-refractivity contribution in [2.24, 2.45) is 0 Å². The zero-order valence-electron chi connectivity index (χ0n) is 13.4. The molecule has 1 aromatic carbocycles. The Morgan fingerprint density at radius 1 is 1.39 bits per heavy atom. The van der Waals surface area contributed by atoms with Gasteiger partial charge < -0.3 is 15.2 Å². The molecule has 6 heteroatoms. The number of hydrogen-bond acceptors (Lipinski definition) is 5. The second-order valence-electron chi connectivity index (χ2n) is 5.27. The zero-order valence-corrected chi connectivity index (χ0v) is 14.2. The molecule has 0 aliphatic heterocycles. The maximum absolute atomic E-state index is 11.8. The molecular weight excluding hydrogens is 312 g/mol. The van der Waals surface area contributed by atoms with Gasteiger partial charge in [0, 0.05) is 17.5 Å². The number of rotatable bonds is 8. The first-order valence-corrected chi connectivity index (χ1v) is 8.59. The van der Waals surface area contributed by atoms with Gasteiger partial charge in [0.2, 0.25) is 5.91 Å². The molecule has 0 aliphatic carbocycles. The molecule has 0 bridgehead atoms. The van der Waals surface area contributed by atoms with Gasteiger partial charge in [-0.05, 0) is 44.5 Å². The number of ether oxygens (including phenoxy) is 1. The van der Waals surface area contributed by atoms with Gasteiger partial charge in [0.1, 0.15) is 10.8 Å². The van der Waals surface area contributed by atoms with Crippen molar-refractivity contribution in [2.75, 3.05) is 13.2 Å². The summed E-state index contributed by atoms with van der Waals surface area (Å²) in [6, 6.07) is 7.78. The Morgan fingerprint density at radius 2 is 2.13 bits per heavy atom. The minimum Gasteiger partial charge on any atom is -0.494 e. The number of carbonyl (C=O) groups is 1. The van der Waals surface area contributed by atoms with Gasteiger partial charge in [-0.1, -0.05) is 0 Å². The van der Waals surface area contributed by atoms with E-state index in [1.165, 1.54) is 11.3 Å². The van der Waals surface area contributed by atoms with Crippen molar-refractivity contribution in [3.05, 3.63) is 35.3 Å². The maximum Gasteiger partial charge on any atom is 0.226 e. The Labute approximate surface area is 140 Å². The van der Waals surface area contributed by atoms with E-state index < -0.39 is 6.10 Å². The highest BCUT2D eigenvalue weighted by atomic mass is 32.1. The van der Waals surface area contributed by atoms with Gasteiger partial charge in [0.25, 0.3) is 0 Å². The number of amides is 1. The Balaban J connectivity index is 1.91. The monoisotopic (exact) mass is 334 g/mol. The summed E-state index contributed by atoms with van der Waals surface area (Å²) in [7, 11) is 0. The fourth-order valence-electron chi connectivity index (χ4n) is 2.03. The van der Waals surface area contributed by atoms with Crippen LogP contribution in [0.5, 0.6) is 5.75 Å². The van der Waals surface area contributed by atoms with Crippen molar-refractivity contribution >= 4 is 17.2 Å². The normalized spacial score (nSPS) is 12.0. The van der Waals surface area contributed by atoms with Gasteiger partial charge in [-0.15, -0.1) is 11.3 Å². The molecule has 124 valence electrons. The summed E-state index contributed by atoms with van der Waals surface area (Å²) < 4.78 is 5.42. The van der Waals surface area contributed by atoms with Crippen molar-refractivity contribution in [3.63, 3.8) is 0 Å². The van der Waals surface area contributed by atoms with Gasteiger partial charge in [0.15, 0.2) is 0 Å². The smallest absolute Gasteiger partial charge is 0.226 e. The van der Waals surface area contributed by atoms with Crippen LogP contribution in [0, 0.1) is 0 Å². The van der Waals surface area contributed by atoms with Gasteiger partial charge in [-0.3, -0.25) is 4.79 Å². The summed E-state index contributed by atoms with van der Waals surface area (Å²) in [6.45, 7) is 4.78. The van der Waals surface area contributed by atoms with Crippen LogP contribution in [-0.2, 0) is 11.2 Å². The first kappa shape index (κ1) is 17.4. The van der Waals surface area contributed by atoms with Crippen molar-refractivity contribution in [1.29, 1.82) is 0 Å². The molecule has 1 amide bonds. The van der Waals surface area contributed by atoms with Crippen LogP contribution in [-0.4, -0.2) is 35.3 Å². The summed E-state index contributed by atoms with van der Waals surface area (Å²) in [5.41, 5.74) is 1.77. The zero-order chi connectivity index (χ0) is 16.7. The van der Waals surface area contributed by atoms with Crippen LogP contribution in [0.3, 0.4) is 0 Å². The second-order valence-corrected chi connectivity index (χ2v) is 6.12. The van der Waals surface area contributed by atoms with Crippen molar-refractivity contribution in [2.45, 2.75) is 32.8 Å². The highest BCUT2D eigenvalue weighted by Gasteiger charge is 2.09. The standard InChI is InChI=1S/C17H22N2O3S/c1-3-22-15-6-4-13(5-7-15)17-19-14(11-23-17)10-16(21)18-9-8-12(2)20/h4-7,11-12,20H,3,8-10H2,1-2H3,(H,18,21). The molecule has 1 unspecified atom stereocenters. The minimum absolute atomic E-state index is 0.0748. The summed E-state index contributed by atoms with van der Waals surface area (Å²) in [6.07, 6.45) is 0.411. The van der Waals surface area contributed by atoms with Crippen LogP contribution >= 0.6 is 11.3 Å². The number of nitrogens with zero attached hydrogens (tertiary/aromatic N) is 1. The number of nitrogens with one attached hydrogen (secondary N) is 1. The van der Waals surface area contributed by atoms with E-state index in [4.69, 9.17) is 9.84 Å². The third-order valence-electron chi connectivity index (χ3n) is 3.19. The second kappa shape index (κ2) is 8.64. The molecule has 2 aromatic rings. The number of benzene rings is 1. The minimum atomic E-state index is -0.402. The topological polar surface area (TPSA) is 71.5 Å². The average Bonchev–Trinajstić information content (AvgIpc) is 2.96. The van der Waals surface area contributed by atoms with Crippen LogP contribution in [0.2, 0.25) is 0 Å². The third-order valence-corrected chi connectivity index (χ3v) is 4.13. The Kier molecular flexibility index (Phi) is 6.55. The quantitative estimate of drug-likeness (QED) is 0.778. The van der Waals surface area contributed by atoms with Gasteiger partial charge in [-0.2, -0.15) is 0 Å². The summed E-state index contributed by atoms with van der Waals surface area (Å²) in [5.74, 6) is 0.764. The number of aromatic nitrogens is 1. The fraction of sp³-hybridized carbons (Fsp3) is 0.412. The molecule has 5 nitrogen and oxygen atoms in total. The predicted octanol–water partition coefficient (Wildman–Crippen LogP) is 2.64. The molecule has 0 spiro atoms. The fourth-order valence-corrected chi connectivity index (χ4v) is 2.85. The number of carbonyl (C=O) groups excluding carboxylic acids is 1. The SMILES string of the molecule is CCOc1ccc(-c2nc(CC(=O)NCCC(C)O)cs2)cc1. The van der Waals surface area contributed by atoms with Gasteiger partial charge in [-0.25, -0.2) is 4.98 Å². The Hall–Kier alpha value is -1.92. The lowest BCUT2D eigenvalue weighted by molar-refractivity contribution is -0.120. The first-order valence-electron chi connectivity index (χ1n) is 7.71. The van der Waals surface area contributed by atoms with E-state index in [0.717, 1.165) is 22.0 Å². The molecule has 1 atom stereocenters. The van der Waals surface area contributed by atoms with Gasteiger partial charge >= 0.3 is 0 Å². The van der Waals surface area contributed by atoms with E-state index in [9.17, 15) is 4.79 Å². The maximum atomic E-state index is 11.8. The van der Waals surface area contributed by atoms with Crippen LogP contribution in [0.25, 0.3) is 10.6 Å². The molecule has 0 aliphatic rings. The van der Waals surface area contributed by atoms with Crippen LogP contribution < -0.4 is 10.1 Å². The van der Waals surface area contributed by atoms with E-state index >= 15 is 0 Å². The Bertz CT molecular complexity index is 623. The Morgan fingerprint density at radius 3 is 2.78 bits per heavy atom.